The molecule has 2 aliphatic rings. The number of hydrogen-bond acceptors (Lipinski definition) is 4. The van der Waals surface area contributed by atoms with Gasteiger partial charge in [0.1, 0.15) is 0 Å². The highest BCUT2D eigenvalue weighted by Crippen LogP contribution is 2.38. The molecule has 2 heterocycles. The summed E-state index contributed by atoms with van der Waals surface area (Å²) in [6.07, 6.45) is 6.24. The molecular weight excluding hydrogens is 268 g/mol. The highest BCUT2D eigenvalue weighted by atomic mass is 32.1. The minimum Gasteiger partial charge on any atom is -0.343 e. The van der Waals surface area contributed by atoms with Gasteiger partial charge in [0.15, 0.2) is 5.01 Å². The normalized spacial score (nSPS) is 25.4. The molecule has 1 atom stereocenters. The lowest BCUT2D eigenvalue weighted by Gasteiger charge is -2.39. The molecule has 1 unspecified atom stereocenters. The number of alkyl halides is 2. The quantitative estimate of drug-likeness (QED) is 0.840. The van der Waals surface area contributed by atoms with Gasteiger partial charge in [-0.1, -0.05) is 24.2 Å². The van der Waals surface area contributed by atoms with E-state index in [9.17, 15) is 8.78 Å². The predicted octanol–water partition coefficient (Wildman–Crippen LogP) is 4.02. The minimum atomic E-state index is -2.50. The summed E-state index contributed by atoms with van der Waals surface area (Å²) in [5.41, 5.74) is 0. The molecule has 1 aliphatic heterocycles. The monoisotopic (exact) mass is 287 g/mol. The molecule has 1 saturated carbocycles. The second-order valence-corrected chi connectivity index (χ2v) is 6.51. The Labute approximate surface area is 116 Å². The van der Waals surface area contributed by atoms with Crippen LogP contribution in [0.15, 0.2) is 0 Å². The van der Waals surface area contributed by atoms with Gasteiger partial charge in [-0.3, -0.25) is 0 Å². The van der Waals surface area contributed by atoms with Crippen molar-refractivity contribution >= 4 is 16.5 Å². The molecule has 3 rings (SSSR count). The van der Waals surface area contributed by atoms with Crippen molar-refractivity contribution in [2.24, 2.45) is 5.92 Å². The van der Waals surface area contributed by atoms with Crippen LogP contribution in [-0.4, -0.2) is 22.8 Å². The summed E-state index contributed by atoms with van der Waals surface area (Å²) in [5.74, 6) is 0.721. The number of halogens is 2. The summed E-state index contributed by atoms with van der Waals surface area (Å²) in [6, 6.07) is 0.495. The number of rotatable bonds is 3. The minimum absolute atomic E-state index is 0.147. The molecule has 0 amide bonds. The summed E-state index contributed by atoms with van der Waals surface area (Å²) in [5, 5.41) is 8.18. The van der Waals surface area contributed by atoms with Crippen molar-refractivity contribution in [3.8, 4) is 0 Å². The van der Waals surface area contributed by atoms with Crippen molar-refractivity contribution in [1.29, 1.82) is 0 Å². The predicted molar refractivity (Wildman–Crippen MR) is 71.8 cm³/mol. The molecule has 2 fully saturated rings. The molecule has 106 valence electrons. The number of aromatic nitrogens is 2. The maximum atomic E-state index is 12.6. The van der Waals surface area contributed by atoms with E-state index in [1.807, 2.05) is 0 Å². The highest BCUT2D eigenvalue weighted by Gasteiger charge is 2.33. The Morgan fingerprint density at radius 3 is 2.47 bits per heavy atom. The molecule has 0 bridgehead atoms. The van der Waals surface area contributed by atoms with Crippen molar-refractivity contribution in [3.63, 3.8) is 0 Å². The van der Waals surface area contributed by atoms with E-state index in [2.05, 4.69) is 15.1 Å². The van der Waals surface area contributed by atoms with Gasteiger partial charge in [-0.25, -0.2) is 8.78 Å². The van der Waals surface area contributed by atoms with Crippen LogP contribution >= 0.6 is 11.3 Å². The second kappa shape index (κ2) is 5.69. The van der Waals surface area contributed by atoms with Crippen LogP contribution in [0.1, 0.15) is 56.4 Å². The Morgan fingerprint density at radius 1 is 1.05 bits per heavy atom. The molecule has 0 radical (unpaired) electrons. The Morgan fingerprint density at radius 2 is 1.79 bits per heavy atom. The zero-order chi connectivity index (χ0) is 13.2. The molecule has 19 heavy (non-hydrogen) atoms. The molecule has 0 N–H and O–H groups in total. The first kappa shape index (κ1) is 13.2. The average Bonchev–Trinajstić information content (AvgIpc) is 3.10. The lowest BCUT2D eigenvalue weighted by molar-refractivity contribution is 0.150. The first-order valence-corrected chi connectivity index (χ1v) is 7.95. The summed E-state index contributed by atoms with van der Waals surface area (Å²) in [7, 11) is 0. The van der Waals surface area contributed by atoms with Gasteiger partial charge in [0.25, 0.3) is 6.43 Å². The van der Waals surface area contributed by atoms with E-state index in [0.717, 1.165) is 30.2 Å². The average molecular weight is 287 g/mol. The first-order valence-electron chi connectivity index (χ1n) is 7.14. The summed E-state index contributed by atoms with van der Waals surface area (Å²) in [6.45, 7) is 0.943. The third-order valence-electron chi connectivity index (χ3n) is 4.36. The van der Waals surface area contributed by atoms with Gasteiger partial charge >= 0.3 is 0 Å². The van der Waals surface area contributed by atoms with E-state index in [1.54, 1.807) is 0 Å². The van der Waals surface area contributed by atoms with E-state index in [1.165, 1.54) is 38.5 Å². The molecular formula is C13H19F2N3S. The SMILES string of the molecule is FC(F)c1nnc(N2CCCCC2C2CCCC2)s1. The van der Waals surface area contributed by atoms with E-state index in [-0.39, 0.29) is 5.01 Å². The van der Waals surface area contributed by atoms with E-state index in [4.69, 9.17) is 0 Å². The Kier molecular flexibility index (Phi) is 3.96. The number of nitrogens with zero attached hydrogens (tertiary/aromatic N) is 3. The van der Waals surface area contributed by atoms with Crippen molar-refractivity contribution < 1.29 is 8.78 Å². The Hall–Kier alpha value is -0.780. The van der Waals surface area contributed by atoms with Crippen LogP contribution in [0.4, 0.5) is 13.9 Å². The van der Waals surface area contributed by atoms with Gasteiger partial charge in [-0.15, -0.1) is 10.2 Å². The highest BCUT2D eigenvalue weighted by molar-refractivity contribution is 7.15. The fraction of sp³-hybridized carbons (Fsp3) is 0.846. The zero-order valence-corrected chi connectivity index (χ0v) is 11.7. The second-order valence-electron chi connectivity index (χ2n) is 5.52. The third kappa shape index (κ3) is 2.73. The van der Waals surface area contributed by atoms with E-state index in [0.29, 0.717) is 11.2 Å². The third-order valence-corrected chi connectivity index (χ3v) is 5.32. The van der Waals surface area contributed by atoms with Gasteiger partial charge in [-0.05, 0) is 38.0 Å². The fourth-order valence-electron chi connectivity index (χ4n) is 3.46. The van der Waals surface area contributed by atoms with Gasteiger partial charge in [-0.2, -0.15) is 0 Å². The van der Waals surface area contributed by atoms with Crippen LogP contribution in [0.25, 0.3) is 0 Å². The molecule has 1 aromatic heterocycles. The van der Waals surface area contributed by atoms with Crippen LogP contribution < -0.4 is 4.90 Å². The van der Waals surface area contributed by atoms with Crippen LogP contribution in [0.5, 0.6) is 0 Å². The van der Waals surface area contributed by atoms with Gasteiger partial charge < -0.3 is 4.90 Å². The van der Waals surface area contributed by atoms with Crippen LogP contribution in [0.2, 0.25) is 0 Å². The fourth-order valence-corrected chi connectivity index (χ4v) is 4.24. The summed E-state index contributed by atoms with van der Waals surface area (Å²) in [4.78, 5) is 2.25. The molecule has 6 heteroatoms. The molecule has 1 aromatic rings. The van der Waals surface area contributed by atoms with Crippen LogP contribution in [0.3, 0.4) is 0 Å². The summed E-state index contributed by atoms with van der Waals surface area (Å²) < 4.78 is 25.3. The molecule has 1 saturated heterocycles. The maximum absolute atomic E-state index is 12.6. The number of anilines is 1. The van der Waals surface area contributed by atoms with E-state index >= 15 is 0 Å². The van der Waals surface area contributed by atoms with Crippen molar-refractivity contribution in [1.82, 2.24) is 10.2 Å². The lowest BCUT2D eigenvalue weighted by Crippen LogP contribution is -2.43. The first-order chi connectivity index (χ1) is 9.25. The van der Waals surface area contributed by atoms with Crippen LogP contribution in [-0.2, 0) is 0 Å². The molecule has 3 nitrogen and oxygen atoms in total. The van der Waals surface area contributed by atoms with Gasteiger partial charge in [0.2, 0.25) is 5.13 Å². The Balaban J connectivity index is 1.78. The molecule has 0 aromatic carbocycles. The maximum Gasteiger partial charge on any atom is 0.291 e. The standard InChI is InChI=1S/C13H19F2N3S/c14-11(15)12-16-17-13(19-12)18-8-4-3-7-10(18)9-5-1-2-6-9/h9-11H,1-8H2. The molecule has 0 spiro atoms. The number of hydrogen-bond donors (Lipinski definition) is 0. The van der Waals surface area contributed by atoms with Crippen molar-refractivity contribution in [2.75, 3.05) is 11.4 Å². The van der Waals surface area contributed by atoms with Crippen LogP contribution in [0, 0.1) is 5.92 Å². The van der Waals surface area contributed by atoms with E-state index < -0.39 is 6.43 Å². The lowest BCUT2D eigenvalue weighted by atomic mass is 9.89. The largest absolute Gasteiger partial charge is 0.343 e. The summed E-state index contributed by atoms with van der Waals surface area (Å²) >= 11 is 1.06. The zero-order valence-electron chi connectivity index (χ0n) is 10.9. The number of piperidine rings is 1. The van der Waals surface area contributed by atoms with Gasteiger partial charge in [0.05, 0.1) is 0 Å². The van der Waals surface area contributed by atoms with Crippen molar-refractivity contribution in [2.45, 2.75) is 57.4 Å². The van der Waals surface area contributed by atoms with Gasteiger partial charge in [0, 0.05) is 12.6 Å². The smallest absolute Gasteiger partial charge is 0.291 e. The topological polar surface area (TPSA) is 29.0 Å². The Bertz CT molecular complexity index is 418. The molecule has 1 aliphatic carbocycles. The van der Waals surface area contributed by atoms with Crippen molar-refractivity contribution in [3.05, 3.63) is 5.01 Å².